The molecule has 2 atom stereocenters. The molecule has 0 aromatic heterocycles. The van der Waals surface area contributed by atoms with Crippen molar-refractivity contribution in [3.05, 3.63) is 0 Å². The molecule has 2 unspecified atom stereocenters. The summed E-state index contributed by atoms with van der Waals surface area (Å²) in [6.45, 7) is -0.778. The van der Waals surface area contributed by atoms with Crippen LogP contribution in [0.25, 0.3) is 0 Å². The molecule has 4 N–H and O–H groups in total. The highest BCUT2D eigenvalue weighted by atomic mass is 16.4. The first-order chi connectivity index (χ1) is 8.36. The molecule has 1 rings (SSSR count). The molecule has 1 saturated heterocycles. The molecule has 9 heteroatoms. The van der Waals surface area contributed by atoms with Crippen LogP contribution >= 0.6 is 0 Å². The minimum atomic E-state index is -1.46. The maximum atomic E-state index is 11.4. The first-order valence-electron chi connectivity index (χ1n) is 5.08. The molecule has 0 aliphatic carbocycles. The highest BCUT2D eigenvalue weighted by Crippen LogP contribution is 2.10. The molecule has 1 heterocycles. The van der Waals surface area contributed by atoms with Gasteiger partial charge in [-0.05, 0) is 0 Å². The van der Waals surface area contributed by atoms with Crippen molar-refractivity contribution in [1.29, 1.82) is 0 Å². The second-order valence-electron chi connectivity index (χ2n) is 3.74. The molecule has 100 valence electrons. The van der Waals surface area contributed by atoms with Gasteiger partial charge in [0.2, 0.25) is 5.91 Å². The van der Waals surface area contributed by atoms with Crippen LogP contribution in [0.1, 0.15) is 6.42 Å². The minimum Gasteiger partial charge on any atom is -0.480 e. The van der Waals surface area contributed by atoms with Gasteiger partial charge < -0.3 is 20.8 Å². The second kappa shape index (κ2) is 5.45. The van der Waals surface area contributed by atoms with Crippen LogP contribution in [0.2, 0.25) is 0 Å². The molecule has 0 aromatic rings. The predicted octanol–water partition coefficient (Wildman–Crippen LogP) is -2.51. The lowest BCUT2D eigenvalue weighted by Crippen LogP contribution is -2.51. The molecule has 0 radical (unpaired) electrons. The molecule has 0 saturated carbocycles. The maximum Gasteiger partial charge on any atom is 0.328 e. The average Bonchev–Trinajstić information content (AvgIpc) is 2.53. The van der Waals surface area contributed by atoms with Crippen molar-refractivity contribution in [2.45, 2.75) is 18.5 Å². The third-order valence-corrected chi connectivity index (χ3v) is 2.47. The normalized spacial score (nSPS) is 20.8. The van der Waals surface area contributed by atoms with E-state index in [2.05, 4.69) is 5.32 Å². The van der Waals surface area contributed by atoms with Crippen LogP contribution in [0.3, 0.4) is 0 Å². The summed E-state index contributed by atoms with van der Waals surface area (Å²) in [6.07, 6.45) is -0.167. The molecule has 18 heavy (non-hydrogen) atoms. The number of carbonyl (C=O) groups is 4. The lowest BCUT2D eigenvalue weighted by molar-refractivity contribution is -0.140. The third-order valence-electron chi connectivity index (χ3n) is 2.47. The van der Waals surface area contributed by atoms with Crippen molar-refractivity contribution in [3.8, 4) is 0 Å². The van der Waals surface area contributed by atoms with Crippen molar-refractivity contribution in [1.82, 2.24) is 15.5 Å². The van der Waals surface area contributed by atoms with Crippen LogP contribution in [-0.2, 0) is 14.4 Å². The highest BCUT2D eigenvalue weighted by molar-refractivity contribution is 6.06. The van der Waals surface area contributed by atoms with Gasteiger partial charge in [0.1, 0.15) is 6.04 Å². The minimum absolute atomic E-state index is 0.167. The van der Waals surface area contributed by atoms with E-state index < -0.39 is 42.5 Å². The van der Waals surface area contributed by atoms with E-state index >= 15 is 0 Å². The summed E-state index contributed by atoms with van der Waals surface area (Å²) >= 11 is 0. The fourth-order valence-electron chi connectivity index (χ4n) is 1.41. The van der Waals surface area contributed by atoms with Gasteiger partial charge in [0.25, 0.3) is 5.91 Å². The van der Waals surface area contributed by atoms with Gasteiger partial charge in [0.05, 0.1) is 13.0 Å². The number of carbonyl (C=O) groups excluding carboxylic acids is 3. The first kappa shape index (κ1) is 13.9. The van der Waals surface area contributed by atoms with Crippen molar-refractivity contribution in [3.63, 3.8) is 0 Å². The number of urea groups is 1. The number of nitrogens with one attached hydrogen (secondary N) is 2. The second-order valence-corrected chi connectivity index (χ2v) is 3.74. The number of likely N-dealkylation sites (N-methyl/N-ethyl adjacent to an activating group) is 1. The Morgan fingerprint density at radius 1 is 1.50 bits per heavy atom. The lowest BCUT2D eigenvalue weighted by Gasteiger charge is -2.15. The fourth-order valence-corrected chi connectivity index (χ4v) is 1.41. The van der Waals surface area contributed by atoms with Crippen LogP contribution in [0.15, 0.2) is 0 Å². The summed E-state index contributed by atoms with van der Waals surface area (Å²) in [5, 5.41) is 21.4. The predicted molar refractivity (Wildman–Crippen MR) is 56.4 cm³/mol. The number of rotatable bonds is 4. The Labute approximate surface area is 102 Å². The van der Waals surface area contributed by atoms with Gasteiger partial charge in [-0.25, -0.2) is 9.59 Å². The van der Waals surface area contributed by atoms with Gasteiger partial charge in [-0.1, -0.05) is 0 Å². The van der Waals surface area contributed by atoms with Crippen LogP contribution in [-0.4, -0.2) is 64.7 Å². The molecule has 0 spiro atoms. The topological polar surface area (TPSA) is 136 Å². The van der Waals surface area contributed by atoms with Crippen molar-refractivity contribution in [2.24, 2.45) is 0 Å². The molecule has 0 bridgehead atoms. The van der Waals surface area contributed by atoms with E-state index in [-0.39, 0.29) is 6.42 Å². The number of likely N-dealkylation sites (tertiary alicyclic amines) is 1. The molecular weight excluding hydrogens is 246 g/mol. The van der Waals surface area contributed by atoms with E-state index in [1.165, 1.54) is 7.05 Å². The zero-order valence-corrected chi connectivity index (χ0v) is 9.54. The Bertz CT molecular complexity index is 396. The molecule has 0 aromatic carbocycles. The Morgan fingerprint density at radius 2 is 2.11 bits per heavy atom. The molecular formula is C9H13N3O6. The van der Waals surface area contributed by atoms with Crippen LogP contribution < -0.4 is 10.6 Å². The Hall–Kier alpha value is -2.16. The number of hydrogen-bond donors (Lipinski definition) is 4. The van der Waals surface area contributed by atoms with Crippen molar-refractivity contribution < 1.29 is 29.4 Å². The summed E-state index contributed by atoms with van der Waals surface area (Å²) in [5.74, 6) is -2.40. The Morgan fingerprint density at radius 3 is 2.50 bits per heavy atom. The summed E-state index contributed by atoms with van der Waals surface area (Å²) in [6, 6.07) is -3.40. The smallest absolute Gasteiger partial charge is 0.328 e. The molecule has 1 aliphatic heterocycles. The van der Waals surface area contributed by atoms with E-state index in [4.69, 9.17) is 10.2 Å². The van der Waals surface area contributed by atoms with Crippen LogP contribution in [0.4, 0.5) is 4.79 Å². The van der Waals surface area contributed by atoms with Gasteiger partial charge in [-0.2, -0.15) is 0 Å². The third kappa shape index (κ3) is 2.94. The van der Waals surface area contributed by atoms with Gasteiger partial charge >= 0.3 is 12.0 Å². The van der Waals surface area contributed by atoms with Crippen molar-refractivity contribution in [2.75, 3.05) is 13.7 Å². The highest BCUT2D eigenvalue weighted by Gasteiger charge is 2.37. The van der Waals surface area contributed by atoms with Gasteiger partial charge in [0.15, 0.2) is 6.04 Å². The van der Waals surface area contributed by atoms with E-state index in [1.807, 2.05) is 5.32 Å². The van der Waals surface area contributed by atoms with Gasteiger partial charge in [-0.15, -0.1) is 0 Å². The zero-order valence-electron chi connectivity index (χ0n) is 9.54. The van der Waals surface area contributed by atoms with Crippen molar-refractivity contribution >= 4 is 23.8 Å². The van der Waals surface area contributed by atoms with E-state index in [0.29, 0.717) is 0 Å². The quantitative estimate of drug-likeness (QED) is 0.412. The Kier molecular flexibility index (Phi) is 4.21. The largest absolute Gasteiger partial charge is 0.480 e. The number of aliphatic hydroxyl groups excluding tert-OH is 1. The standard InChI is InChI=1S/C9H13N3O6/c1-12-6(14)2-4(7(12)15)10-9(18)11-5(3-13)8(16)17/h4-5,13H,2-3H2,1H3,(H,16,17)(H2,10,11,18). The van der Waals surface area contributed by atoms with Crippen LogP contribution in [0, 0.1) is 0 Å². The molecule has 1 aliphatic rings. The number of aliphatic hydroxyl groups is 1. The summed E-state index contributed by atoms with van der Waals surface area (Å²) in [7, 11) is 1.29. The monoisotopic (exact) mass is 259 g/mol. The van der Waals surface area contributed by atoms with Gasteiger partial charge in [0, 0.05) is 7.05 Å². The number of aliphatic carboxylic acids is 1. The van der Waals surface area contributed by atoms with Crippen LogP contribution in [0.5, 0.6) is 0 Å². The Balaban J connectivity index is 2.53. The molecule has 1 fully saturated rings. The first-order valence-corrected chi connectivity index (χ1v) is 5.08. The van der Waals surface area contributed by atoms with Gasteiger partial charge in [-0.3, -0.25) is 14.5 Å². The average molecular weight is 259 g/mol. The van der Waals surface area contributed by atoms with E-state index in [0.717, 1.165) is 4.90 Å². The number of carboxylic acid groups (broad SMARTS) is 1. The van der Waals surface area contributed by atoms with E-state index in [1.54, 1.807) is 0 Å². The number of amides is 4. The SMILES string of the molecule is CN1C(=O)CC(NC(=O)NC(CO)C(=O)O)C1=O. The number of nitrogens with zero attached hydrogens (tertiary/aromatic N) is 1. The summed E-state index contributed by atoms with van der Waals surface area (Å²) in [5.41, 5.74) is 0. The maximum absolute atomic E-state index is 11.4. The number of hydrogen-bond acceptors (Lipinski definition) is 5. The summed E-state index contributed by atoms with van der Waals surface area (Å²) in [4.78, 5) is 45.4. The fraction of sp³-hybridized carbons (Fsp3) is 0.556. The zero-order chi connectivity index (χ0) is 13.9. The number of carboxylic acids is 1. The van der Waals surface area contributed by atoms with E-state index in [9.17, 15) is 19.2 Å². The summed E-state index contributed by atoms with van der Waals surface area (Å²) < 4.78 is 0. The molecule has 4 amide bonds. The molecule has 9 nitrogen and oxygen atoms in total. The number of imide groups is 1. The lowest BCUT2D eigenvalue weighted by atomic mass is 10.2.